The van der Waals surface area contributed by atoms with Crippen molar-refractivity contribution in [3.8, 4) is 5.88 Å². The molecular formula is C15H17BrClN3O. The number of ether oxygens (including phenoxy) is 1. The molecule has 0 saturated heterocycles. The Kier molecular flexibility index (Phi) is 5.96. The Morgan fingerprint density at radius 3 is 2.67 bits per heavy atom. The minimum Gasteiger partial charge on any atom is -0.480 e. The lowest BCUT2D eigenvalue weighted by Gasteiger charge is -2.18. The fourth-order valence-electron chi connectivity index (χ4n) is 2.06. The zero-order valence-corrected chi connectivity index (χ0v) is 14.3. The number of benzene rings is 1. The summed E-state index contributed by atoms with van der Waals surface area (Å²) in [6.07, 6.45) is 0.751. The van der Waals surface area contributed by atoms with Gasteiger partial charge in [0.25, 0.3) is 0 Å². The number of methoxy groups -OCH3 is 1. The van der Waals surface area contributed by atoms with E-state index in [2.05, 4.69) is 38.4 Å². The second-order valence-electron chi connectivity index (χ2n) is 4.55. The smallest absolute Gasteiger partial charge is 0.233 e. The van der Waals surface area contributed by atoms with Gasteiger partial charge in [-0.3, -0.25) is 0 Å². The molecule has 112 valence electrons. The fraction of sp³-hybridized carbons (Fsp3) is 0.333. The van der Waals surface area contributed by atoms with E-state index >= 15 is 0 Å². The van der Waals surface area contributed by atoms with Crippen LogP contribution < -0.4 is 10.1 Å². The molecule has 0 aliphatic rings. The van der Waals surface area contributed by atoms with Gasteiger partial charge in [-0.1, -0.05) is 40.5 Å². The second kappa shape index (κ2) is 7.73. The van der Waals surface area contributed by atoms with Gasteiger partial charge in [0.2, 0.25) is 5.88 Å². The highest BCUT2D eigenvalue weighted by atomic mass is 79.9. The average Bonchev–Trinajstić information content (AvgIpc) is 2.49. The number of rotatable bonds is 6. The van der Waals surface area contributed by atoms with E-state index in [0.29, 0.717) is 5.88 Å². The quantitative estimate of drug-likeness (QED) is 0.840. The van der Waals surface area contributed by atoms with Crippen LogP contribution in [0.1, 0.15) is 24.2 Å². The Morgan fingerprint density at radius 2 is 2.10 bits per heavy atom. The molecule has 4 nitrogen and oxygen atoms in total. The Balaban J connectivity index is 2.21. The molecule has 0 saturated carbocycles. The third-order valence-electron chi connectivity index (χ3n) is 3.12. The number of hydrogen-bond donors (Lipinski definition) is 1. The van der Waals surface area contributed by atoms with Crippen molar-refractivity contribution in [3.63, 3.8) is 0 Å². The topological polar surface area (TPSA) is 47.0 Å². The van der Waals surface area contributed by atoms with E-state index < -0.39 is 0 Å². The molecule has 21 heavy (non-hydrogen) atoms. The van der Waals surface area contributed by atoms with Crippen molar-refractivity contribution in [1.82, 2.24) is 15.5 Å². The number of nitrogens with zero attached hydrogens (tertiary/aromatic N) is 2. The van der Waals surface area contributed by atoms with Crippen LogP contribution in [-0.4, -0.2) is 23.9 Å². The Labute approximate surface area is 138 Å². The van der Waals surface area contributed by atoms with Crippen molar-refractivity contribution in [1.29, 1.82) is 0 Å². The molecule has 0 spiro atoms. The monoisotopic (exact) mass is 369 g/mol. The number of hydrogen-bond acceptors (Lipinski definition) is 4. The first kappa shape index (κ1) is 16.2. The summed E-state index contributed by atoms with van der Waals surface area (Å²) in [5, 5.41) is 12.4. The molecule has 1 atom stereocenters. The maximum absolute atomic E-state index is 6.30. The van der Waals surface area contributed by atoms with Crippen molar-refractivity contribution in [3.05, 3.63) is 51.1 Å². The number of halogens is 2. The van der Waals surface area contributed by atoms with Crippen LogP contribution in [0.4, 0.5) is 0 Å². The number of aromatic nitrogens is 2. The largest absolute Gasteiger partial charge is 0.480 e. The van der Waals surface area contributed by atoms with Crippen molar-refractivity contribution >= 4 is 27.5 Å². The first-order valence-corrected chi connectivity index (χ1v) is 7.86. The Bertz CT molecular complexity index is 592. The van der Waals surface area contributed by atoms with Gasteiger partial charge >= 0.3 is 0 Å². The maximum atomic E-state index is 6.30. The van der Waals surface area contributed by atoms with E-state index in [4.69, 9.17) is 16.3 Å². The van der Waals surface area contributed by atoms with Crippen LogP contribution in [0.25, 0.3) is 0 Å². The summed E-state index contributed by atoms with van der Waals surface area (Å²) in [6, 6.07) is 9.71. The van der Waals surface area contributed by atoms with E-state index in [-0.39, 0.29) is 6.04 Å². The van der Waals surface area contributed by atoms with Gasteiger partial charge in [-0.05, 0) is 36.7 Å². The standard InChI is InChI=1S/C15H17BrClN3O/c1-3-18-14(13-6-7-15(21-2)20-19-13)8-10-4-5-11(16)9-12(10)17/h4-7,9,14,18H,3,8H2,1-2H3. The molecule has 0 bridgehead atoms. The molecule has 1 aromatic carbocycles. The number of likely N-dealkylation sites (N-methyl/N-ethyl adjacent to an activating group) is 1. The fourth-order valence-corrected chi connectivity index (χ4v) is 2.81. The highest BCUT2D eigenvalue weighted by Gasteiger charge is 2.15. The van der Waals surface area contributed by atoms with E-state index in [1.807, 2.05) is 30.3 Å². The lowest BCUT2D eigenvalue weighted by atomic mass is 10.0. The van der Waals surface area contributed by atoms with Crippen LogP contribution >= 0.6 is 27.5 Å². The summed E-state index contributed by atoms with van der Waals surface area (Å²) in [6.45, 7) is 2.90. The van der Waals surface area contributed by atoms with Crippen molar-refractivity contribution in [2.45, 2.75) is 19.4 Å². The summed E-state index contributed by atoms with van der Waals surface area (Å²) >= 11 is 9.71. The Hall–Kier alpha value is -1.17. The van der Waals surface area contributed by atoms with Crippen LogP contribution in [-0.2, 0) is 6.42 Å². The zero-order chi connectivity index (χ0) is 15.2. The molecule has 2 rings (SSSR count). The van der Waals surface area contributed by atoms with Gasteiger partial charge in [-0.2, -0.15) is 5.10 Å². The van der Waals surface area contributed by atoms with Crippen molar-refractivity contribution in [2.24, 2.45) is 0 Å². The number of nitrogens with one attached hydrogen (secondary N) is 1. The molecule has 1 heterocycles. The Morgan fingerprint density at radius 1 is 1.29 bits per heavy atom. The van der Waals surface area contributed by atoms with Gasteiger partial charge in [-0.15, -0.1) is 5.10 Å². The summed E-state index contributed by atoms with van der Waals surface area (Å²) < 4.78 is 6.01. The van der Waals surface area contributed by atoms with Crippen LogP contribution in [0.5, 0.6) is 5.88 Å². The highest BCUT2D eigenvalue weighted by molar-refractivity contribution is 9.10. The summed E-state index contributed by atoms with van der Waals surface area (Å²) in [7, 11) is 1.58. The van der Waals surface area contributed by atoms with Gasteiger partial charge in [0, 0.05) is 15.6 Å². The van der Waals surface area contributed by atoms with E-state index in [0.717, 1.165) is 33.7 Å². The first-order valence-electron chi connectivity index (χ1n) is 6.69. The average molecular weight is 371 g/mol. The van der Waals surface area contributed by atoms with Gasteiger partial charge in [0.1, 0.15) is 0 Å². The predicted molar refractivity (Wildman–Crippen MR) is 87.9 cm³/mol. The third-order valence-corrected chi connectivity index (χ3v) is 3.96. The van der Waals surface area contributed by atoms with E-state index in [1.54, 1.807) is 7.11 Å². The van der Waals surface area contributed by atoms with Crippen LogP contribution in [0.15, 0.2) is 34.8 Å². The molecule has 0 aliphatic carbocycles. The molecule has 1 unspecified atom stereocenters. The summed E-state index contributed by atoms with van der Waals surface area (Å²) in [5.41, 5.74) is 1.94. The van der Waals surface area contributed by atoms with Crippen molar-refractivity contribution in [2.75, 3.05) is 13.7 Å². The molecule has 6 heteroatoms. The minimum absolute atomic E-state index is 0.0621. The zero-order valence-electron chi connectivity index (χ0n) is 11.9. The van der Waals surface area contributed by atoms with E-state index in [9.17, 15) is 0 Å². The third kappa shape index (κ3) is 4.40. The van der Waals surface area contributed by atoms with Crippen LogP contribution in [0.2, 0.25) is 5.02 Å². The van der Waals surface area contributed by atoms with Gasteiger partial charge < -0.3 is 10.1 Å². The van der Waals surface area contributed by atoms with Crippen LogP contribution in [0.3, 0.4) is 0 Å². The predicted octanol–water partition coefficient (Wildman–Crippen LogP) is 3.79. The summed E-state index contributed by atoms with van der Waals surface area (Å²) in [4.78, 5) is 0. The van der Waals surface area contributed by atoms with Gasteiger partial charge in [0.15, 0.2) is 0 Å². The van der Waals surface area contributed by atoms with Gasteiger partial charge in [-0.25, -0.2) is 0 Å². The normalized spacial score (nSPS) is 12.2. The maximum Gasteiger partial charge on any atom is 0.233 e. The molecule has 1 aromatic heterocycles. The molecule has 0 amide bonds. The summed E-state index contributed by atoms with van der Waals surface area (Å²) in [5.74, 6) is 0.510. The minimum atomic E-state index is 0.0621. The lowest BCUT2D eigenvalue weighted by Crippen LogP contribution is -2.24. The highest BCUT2D eigenvalue weighted by Crippen LogP contribution is 2.26. The lowest BCUT2D eigenvalue weighted by molar-refractivity contribution is 0.389. The molecule has 0 radical (unpaired) electrons. The molecule has 0 aliphatic heterocycles. The molecular weight excluding hydrogens is 354 g/mol. The first-order chi connectivity index (χ1) is 10.1. The molecule has 1 N–H and O–H groups in total. The molecule has 2 aromatic rings. The molecule has 0 fully saturated rings. The van der Waals surface area contributed by atoms with Gasteiger partial charge in [0.05, 0.1) is 18.8 Å². The van der Waals surface area contributed by atoms with Crippen molar-refractivity contribution < 1.29 is 4.74 Å². The van der Waals surface area contributed by atoms with Crippen LogP contribution in [0, 0.1) is 0 Å². The SMILES string of the molecule is CCNC(Cc1ccc(Br)cc1Cl)c1ccc(OC)nn1. The van der Waals surface area contributed by atoms with E-state index in [1.165, 1.54) is 0 Å². The second-order valence-corrected chi connectivity index (χ2v) is 5.87.